The van der Waals surface area contributed by atoms with Gasteiger partial charge in [-0.1, -0.05) is 117 Å². The molecule has 0 unspecified atom stereocenters. The molecule has 1 radical (unpaired) electrons. The molecule has 0 aliphatic heterocycles. The van der Waals surface area contributed by atoms with Crippen LogP contribution in [0.4, 0.5) is 8.78 Å². The molecule has 4 heterocycles. The average Bonchev–Trinajstić information content (AvgIpc) is 3.74. The first-order valence-corrected chi connectivity index (χ1v) is 21.0. The van der Waals surface area contributed by atoms with Crippen molar-refractivity contribution in [1.82, 2.24) is 9.97 Å². The molecule has 271 valence electrons. The van der Waals surface area contributed by atoms with Crippen molar-refractivity contribution in [2.75, 3.05) is 0 Å². The van der Waals surface area contributed by atoms with Gasteiger partial charge in [-0.25, -0.2) is 4.39 Å². The van der Waals surface area contributed by atoms with E-state index in [9.17, 15) is 8.78 Å². The van der Waals surface area contributed by atoms with E-state index in [1.165, 1.54) is 28.9 Å². The summed E-state index contributed by atoms with van der Waals surface area (Å²) < 4.78 is 40.0. The number of benzene rings is 5. The first-order chi connectivity index (χ1) is 25.5. The second-order valence-electron chi connectivity index (χ2n) is 14.8. The van der Waals surface area contributed by atoms with Crippen LogP contribution in [0, 0.1) is 23.8 Å². The van der Waals surface area contributed by atoms with Crippen molar-refractivity contribution in [3.8, 4) is 22.5 Å². The molecular weight excluding hydrogens is 871 g/mol. The number of furan rings is 2. The molecule has 9 aromatic rings. The molecule has 0 N–H and O–H groups in total. The average molecular weight is 907 g/mol. The van der Waals surface area contributed by atoms with E-state index in [2.05, 4.69) is 73.8 Å². The minimum absolute atomic E-state index is 0. The smallest absolute Gasteiger partial charge is 0.126 e. The summed E-state index contributed by atoms with van der Waals surface area (Å²) in [6.07, 6.45) is 3.75. The Hall–Kier alpha value is -5.27. The molecule has 0 spiro atoms. The standard InChI is InChI=1S/C26H19FNO.C20H17FNOSi.Ir/c1-26(2,17-8-4-3-5-9-17)18-14-15-28-22(16-18)19-12-13-21(27)24-20-10-6-7-11-23(20)29-25(19)24;1-24(2,3)14-8-10-18(22-12-14)17-6-4-5-16-15-9-7-13(21)11-19(15)23-20(16)17;/h3-11,13-16H,1-2H3;4-5,7-12H,1-3H3;/q2*-1;. The molecule has 9 rings (SSSR count). The Morgan fingerprint density at radius 1 is 0.648 bits per heavy atom. The van der Waals surface area contributed by atoms with E-state index in [4.69, 9.17) is 8.83 Å². The molecule has 0 saturated heterocycles. The maximum Gasteiger partial charge on any atom is 0.126 e. The fourth-order valence-corrected chi connectivity index (χ4v) is 7.83. The monoisotopic (exact) mass is 907 g/mol. The summed E-state index contributed by atoms with van der Waals surface area (Å²) >= 11 is 0. The fraction of sp³-hybridized carbons (Fsp3) is 0.130. The predicted octanol–water partition coefficient (Wildman–Crippen LogP) is 12.0. The minimum atomic E-state index is -1.38. The molecule has 8 heteroatoms. The van der Waals surface area contributed by atoms with Gasteiger partial charge in [0.05, 0.1) is 19.2 Å². The molecule has 0 aliphatic rings. The van der Waals surface area contributed by atoms with Gasteiger partial charge in [-0.05, 0) is 57.4 Å². The van der Waals surface area contributed by atoms with Gasteiger partial charge in [-0.2, -0.15) is 0 Å². The minimum Gasteiger partial charge on any atom is -0.500 e. The molecule has 4 aromatic heterocycles. The summed E-state index contributed by atoms with van der Waals surface area (Å²) in [5.41, 5.74) is 7.54. The third kappa shape index (κ3) is 6.82. The zero-order chi connectivity index (χ0) is 36.9. The number of fused-ring (bicyclic) bond motifs is 6. The third-order valence-electron chi connectivity index (χ3n) is 9.92. The van der Waals surface area contributed by atoms with E-state index in [1.54, 1.807) is 12.3 Å². The Morgan fingerprint density at radius 3 is 2.15 bits per heavy atom. The molecule has 0 bridgehead atoms. The topological polar surface area (TPSA) is 52.1 Å². The summed E-state index contributed by atoms with van der Waals surface area (Å²) in [4.78, 5) is 9.18. The van der Waals surface area contributed by atoms with Gasteiger partial charge in [0.15, 0.2) is 0 Å². The van der Waals surface area contributed by atoms with E-state index >= 15 is 0 Å². The van der Waals surface area contributed by atoms with Gasteiger partial charge in [0.2, 0.25) is 0 Å². The summed E-state index contributed by atoms with van der Waals surface area (Å²) in [6.45, 7) is 11.3. The molecule has 0 aliphatic carbocycles. The van der Waals surface area contributed by atoms with Crippen molar-refractivity contribution in [2.24, 2.45) is 0 Å². The molecule has 5 aromatic carbocycles. The van der Waals surface area contributed by atoms with E-state index < -0.39 is 8.07 Å². The quantitative estimate of drug-likeness (QED) is 0.128. The van der Waals surface area contributed by atoms with Gasteiger partial charge < -0.3 is 18.8 Å². The van der Waals surface area contributed by atoms with Crippen LogP contribution in [0.15, 0.2) is 136 Å². The first-order valence-electron chi connectivity index (χ1n) is 17.5. The molecule has 0 fully saturated rings. The first kappa shape index (κ1) is 37.1. The Morgan fingerprint density at radius 2 is 1.39 bits per heavy atom. The van der Waals surface area contributed by atoms with Gasteiger partial charge in [0.1, 0.15) is 17.0 Å². The van der Waals surface area contributed by atoms with Crippen molar-refractivity contribution < 1.29 is 37.7 Å². The van der Waals surface area contributed by atoms with Crippen LogP contribution in [0.3, 0.4) is 0 Å². The number of nitrogens with zero attached hydrogens (tertiary/aromatic N) is 2. The number of para-hydroxylation sites is 1. The fourth-order valence-electron chi connectivity index (χ4n) is 6.79. The van der Waals surface area contributed by atoms with Crippen molar-refractivity contribution in [2.45, 2.75) is 38.9 Å². The van der Waals surface area contributed by atoms with Crippen molar-refractivity contribution in [3.63, 3.8) is 0 Å². The maximum absolute atomic E-state index is 14.6. The Kier molecular flexibility index (Phi) is 9.96. The van der Waals surface area contributed by atoms with E-state index in [-0.39, 0.29) is 37.2 Å². The van der Waals surface area contributed by atoms with E-state index in [0.717, 1.165) is 38.7 Å². The number of rotatable bonds is 5. The van der Waals surface area contributed by atoms with E-state index in [0.29, 0.717) is 33.3 Å². The molecule has 0 saturated carbocycles. The van der Waals surface area contributed by atoms with Crippen LogP contribution in [-0.2, 0) is 25.5 Å². The molecular formula is C46H36F2IrN2O2Si-2. The van der Waals surface area contributed by atoms with Crippen LogP contribution in [0.25, 0.3) is 66.4 Å². The van der Waals surface area contributed by atoms with Gasteiger partial charge in [0.25, 0.3) is 0 Å². The summed E-state index contributed by atoms with van der Waals surface area (Å²) in [6, 6.07) is 42.1. The molecule has 54 heavy (non-hydrogen) atoms. The third-order valence-corrected chi connectivity index (χ3v) is 11.9. The SMILES string of the molecule is CC(C)(c1ccccc1)c1ccnc(-c2[c-]cc(F)c3c2oc2ccccc23)c1.C[Si](C)(C)c1ccc(-c2[c-]ccc3c2oc2cc(F)ccc23)nc1.[Ir]. The second-order valence-corrected chi connectivity index (χ2v) is 19.8. The zero-order valence-electron chi connectivity index (χ0n) is 30.4. The zero-order valence-corrected chi connectivity index (χ0v) is 33.8. The number of hydrogen-bond donors (Lipinski definition) is 0. The summed E-state index contributed by atoms with van der Waals surface area (Å²) in [5.74, 6) is -0.640. The summed E-state index contributed by atoms with van der Waals surface area (Å²) in [5, 5.41) is 4.40. The van der Waals surface area contributed by atoms with Crippen LogP contribution in [0.1, 0.15) is 25.0 Å². The van der Waals surface area contributed by atoms with Crippen LogP contribution in [0.5, 0.6) is 0 Å². The molecule has 0 amide bonds. The van der Waals surface area contributed by atoms with Gasteiger partial charge in [-0.15, -0.1) is 30.3 Å². The van der Waals surface area contributed by atoms with Crippen LogP contribution in [0.2, 0.25) is 19.6 Å². The Labute approximate surface area is 327 Å². The van der Waals surface area contributed by atoms with Crippen molar-refractivity contribution >= 4 is 57.1 Å². The largest absolute Gasteiger partial charge is 0.500 e. The Bertz CT molecular complexity index is 2770. The second kappa shape index (κ2) is 14.5. The molecule has 0 atom stereocenters. The van der Waals surface area contributed by atoms with E-state index in [1.807, 2.05) is 79.0 Å². The number of hydrogen-bond acceptors (Lipinski definition) is 4. The van der Waals surface area contributed by atoms with Gasteiger partial charge >= 0.3 is 0 Å². The van der Waals surface area contributed by atoms with Crippen LogP contribution in [-0.4, -0.2) is 18.0 Å². The predicted molar refractivity (Wildman–Crippen MR) is 213 cm³/mol. The van der Waals surface area contributed by atoms with Crippen LogP contribution < -0.4 is 5.19 Å². The van der Waals surface area contributed by atoms with Crippen molar-refractivity contribution in [3.05, 3.63) is 163 Å². The van der Waals surface area contributed by atoms with Gasteiger partial charge in [0, 0.05) is 60.6 Å². The molecule has 4 nitrogen and oxygen atoms in total. The van der Waals surface area contributed by atoms with Crippen LogP contribution >= 0.6 is 0 Å². The number of aromatic nitrogens is 2. The summed E-state index contributed by atoms with van der Waals surface area (Å²) in [7, 11) is -1.38. The van der Waals surface area contributed by atoms with Gasteiger partial charge in [-0.3, -0.25) is 4.39 Å². The normalized spacial score (nSPS) is 11.8. The van der Waals surface area contributed by atoms with Crippen molar-refractivity contribution in [1.29, 1.82) is 0 Å². The number of halogens is 2. The maximum atomic E-state index is 14.6. The Balaban J connectivity index is 0.000000166. The number of pyridine rings is 2.